The molecule has 0 bridgehead atoms. The molecule has 1 heterocycles. The van der Waals surface area contributed by atoms with E-state index in [1.165, 1.54) is 23.1 Å². The third kappa shape index (κ3) is 3.28. The lowest BCUT2D eigenvalue weighted by molar-refractivity contribution is -0.384. The number of carbonyl (C=O) groups is 2. The smallest absolute Gasteiger partial charge is 0.308 e. The van der Waals surface area contributed by atoms with Gasteiger partial charge in [0, 0.05) is 36.7 Å². The monoisotopic (exact) mass is 354 g/mol. The van der Waals surface area contributed by atoms with Gasteiger partial charge >= 0.3 is 5.97 Å². The molecule has 0 aromatic heterocycles. The molecular formula is C19H18N2O5. The molecule has 1 fully saturated rings. The summed E-state index contributed by atoms with van der Waals surface area (Å²) in [4.78, 5) is 36.5. The van der Waals surface area contributed by atoms with Crippen LogP contribution in [0.2, 0.25) is 0 Å². The maximum absolute atomic E-state index is 12.9. The Kier molecular flexibility index (Phi) is 4.71. The lowest BCUT2D eigenvalue weighted by Crippen LogP contribution is -2.30. The highest BCUT2D eigenvalue weighted by Gasteiger charge is 2.41. The number of aliphatic carboxylic acids is 1. The van der Waals surface area contributed by atoms with Gasteiger partial charge in [-0.15, -0.1) is 0 Å². The summed E-state index contributed by atoms with van der Waals surface area (Å²) >= 11 is 0. The number of nitro benzene ring substituents is 1. The van der Waals surface area contributed by atoms with E-state index in [2.05, 4.69) is 0 Å². The highest BCUT2D eigenvalue weighted by molar-refractivity contribution is 5.97. The van der Waals surface area contributed by atoms with Crippen molar-refractivity contribution in [3.05, 3.63) is 75.3 Å². The summed E-state index contributed by atoms with van der Waals surface area (Å²) in [6.45, 7) is 2.05. The topological polar surface area (TPSA) is 101 Å². The molecule has 2 aromatic carbocycles. The van der Waals surface area contributed by atoms with Gasteiger partial charge in [-0.3, -0.25) is 19.7 Å². The highest BCUT2D eigenvalue weighted by Crippen LogP contribution is 2.34. The fraction of sp³-hybridized carbons (Fsp3) is 0.263. The first-order chi connectivity index (χ1) is 12.4. The van der Waals surface area contributed by atoms with Gasteiger partial charge in [0.15, 0.2) is 0 Å². The van der Waals surface area contributed by atoms with Gasteiger partial charge in [-0.25, -0.2) is 0 Å². The third-order valence-corrected chi connectivity index (χ3v) is 4.81. The van der Waals surface area contributed by atoms with Gasteiger partial charge in [-0.1, -0.05) is 36.4 Å². The number of carbonyl (C=O) groups excluding carboxylic acids is 1. The van der Waals surface area contributed by atoms with Crippen molar-refractivity contribution in [2.75, 3.05) is 13.1 Å². The molecule has 1 aliphatic heterocycles. The number of nitro groups is 1. The van der Waals surface area contributed by atoms with Crippen LogP contribution in [0.25, 0.3) is 0 Å². The number of amides is 1. The van der Waals surface area contributed by atoms with Crippen molar-refractivity contribution in [1.29, 1.82) is 0 Å². The lowest BCUT2D eigenvalue weighted by atomic mass is 9.89. The molecule has 0 radical (unpaired) electrons. The van der Waals surface area contributed by atoms with Crippen LogP contribution in [-0.4, -0.2) is 39.9 Å². The average molecular weight is 354 g/mol. The average Bonchev–Trinajstić information content (AvgIpc) is 3.08. The quantitative estimate of drug-likeness (QED) is 0.672. The Morgan fingerprint density at radius 2 is 1.85 bits per heavy atom. The Bertz CT molecular complexity index is 865. The summed E-state index contributed by atoms with van der Waals surface area (Å²) in [6.07, 6.45) is 0. The summed E-state index contributed by atoms with van der Waals surface area (Å²) in [7, 11) is 0. The zero-order chi connectivity index (χ0) is 18.8. The maximum atomic E-state index is 12.9. The number of nitrogens with zero attached hydrogens (tertiary/aromatic N) is 2. The molecule has 1 aliphatic rings. The van der Waals surface area contributed by atoms with Crippen LogP contribution in [0, 0.1) is 23.0 Å². The number of non-ortho nitro benzene ring substituents is 1. The minimum atomic E-state index is -0.954. The van der Waals surface area contributed by atoms with Gasteiger partial charge in [0.05, 0.1) is 10.8 Å². The van der Waals surface area contributed by atoms with Crippen LogP contribution in [0.1, 0.15) is 27.4 Å². The molecular weight excluding hydrogens is 336 g/mol. The summed E-state index contributed by atoms with van der Waals surface area (Å²) in [5.74, 6) is -2.35. The van der Waals surface area contributed by atoms with Gasteiger partial charge < -0.3 is 10.0 Å². The van der Waals surface area contributed by atoms with Crippen LogP contribution in [-0.2, 0) is 4.79 Å². The summed E-state index contributed by atoms with van der Waals surface area (Å²) in [5.41, 5.74) is 1.56. The van der Waals surface area contributed by atoms with Crippen LogP contribution in [0.5, 0.6) is 0 Å². The summed E-state index contributed by atoms with van der Waals surface area (Å²) in [5, 5.41) is 20.5. The van der Waals surface area contributed by atoms with Crippen LogP contribution in [0.15, 0.2) is 48.5 Å². The van der Waals surface area contributed by atoms with Crippen molar-refractivity contribution >= 4 is 17.6 Å². The molecule has 26 heavy (non-hydrogen) atoms. The first-order valence-corrected chi connectivity index (χ1v) is 8.20. The summed E-state index contributed by atoms with van der Waals surface area (Å²) in [6, 6.07) is 13.4. The van der Waals surface area contributed by atoms with E-state index in [4.69, 9.17) is 0 Å². The van der Waals surface area contributed by atoms with Crippen LogP contribution in [0.4, 0.5) is 5.69 Å². The zero-order valence-corrected chi connectivity index (χ0v) is 14.2. The van der Waals surface area contributed by atoms with E-state index < -0.39 is 16.8 Å². The van der Waals surface area contributed by atoms with Gasteiger partial charge in [-0.05, 0) is 18.1 Å². The molecule has 7 nitrogen and oxygen atoms in total. The number of aryl methyl sites for hydroxylation is 1. The molecule has 1 amide bonds. The Labute approximate surface area is 150 Å². The number of rotatable bonds is 4. The number of carboxylic acid groups (broad SMARTS) is 1. The van der Waals surface area contributed by atoms with E-state index in [0.29, 0.717) is 5.56 Å². The second kappa shape index (κ2) is 6.95. The highest BCUT2D eigenvalue weighted by atomic mass is 16.6. The van der Waals surface area contributed by atoms with Gasteiger partial charge in [0.1, 0.15) is 0 Å². The Hall–Kier alpha value is -3.22. The summed E-state index contributed by atoms with van der Waals surface area (Å²) < 4.78 is 0. The maximum Gasteiger partial charge on any atom is 0.308 e. The van der Waals surface area contributed by atoms with Gasteiger partial charge in [0.25, 0.3) is 11.6 Å². The molecule has 1 saturated heterocycles. The second-order valence-corrected chi connectivity index (χ2v) is 6.43. The number of carboxylic acids is 1. The first-order valence-electron chi connectivity index (χ1n) is 8.20. The second-order valence-electron chi connectivity index (χ2n) is 6.43. The SMILES string of the molecule is Cc1ccc([N+](=O)[O-])cc1C(=O)N1CC(C(=O)O)C(c2ccccc2)C1. The lowest BCUT2D eigenvalue weighted by Gasteiger charge is -2.17. The molecule has 7 heteroatoms. The molecule has 2 unspecified atom stereocenters. The predicted molar refractivity (Wildman–Crippen MR) is 94.0 cm³/mol. The molecule has 2 atom stereocenters. The Morgan fingerprint density at radius 1 is 1.15 bits per heavy atom. The number of benzene rings is 2. The van der Waals surface area contributed by atoms with Crippen molar-refractivity contribution in [3.63, 3.8) is 0 Å². The zero-order valence-electron chi connectivity index (χ0n) is 14.2. The fourth-order valence-corrected chi connectivity index (χ4v) is 3.38. The first kappa shape index (κ1) is 17.6. The Balaban J connectivity index is 1.91. The predicted octanol–water partition coefficient (Wildman–Crippen LogP) is 2.84. The molecule has 3 rings (SSSR count). The normalized spacial score (nSPS) is 19.3. The number of likely N-dealkylation sites (tertiary alicyclic amines) is 1. The fourth-order valence-electron chi connectivity index (χ4n) is 3.38. The largest absolute Gasteiger partial charge is 0.481 e. The van der Waals surface area contributed by atoms with E-state index in [9.17, 15) is 24.8 Å². The molecule has 2 aromatic rings. The number of hydrogen-bond donors (Lipinski definition) is 1. The molecule has 0 saturated carbocycles. The molecule has 134 valence electrons. The van der Waals surface area contributed by atoms with Crippen molar-refractivity contribution < 1.29 is 19.6 Å². The van der Waals surface area contributed by atoms with E-state index in [1.807, 2.05) is 30.3 Å². The van der Waals surface area contributed by atoms with Crippen molar-refractivity contribution in [3.8, 4) is 0 Å². The molecule has 0 spiro atoms. The standard InChI is InChI=1S/C19H18N2O5/c1-12-7-8-14(21(25)26)9-15(12)18(22)20-10-16(17(11-20)19(23)24)13-5-3-2-4-6-13/h2-9,16-17H,10-11H2,1H3,(H,23,24). The van der Waals surface area contributed by atoms with E-state index in [-0.39, 0.29) is 36.2 Å². The van der Waals surface area contributed by atoms with Crippen molar-refractivity contribution in [2.24, 2.45) is 5.92 Å². The van der Waals surface area contributed by atoms with Gasteiger partial charge in [-0.2, -0.15) is 0 Å². The van der Waals surface area contributed by atoms with Crippen molar-refractivity contribution in [2.45, 2.75) is 12.8 Å². The third-order valence-electron chi connectivity index (χ3n) is 4.81. The van der Waals surface area contributed by atoms with Crippen molar-refractivity contribution in [1.82, 2.24) is 4.90 Å². The van der Waals surface area contributed by atoms with Crippen LogP contribution < -0.4 is 0 Å². The molecule has 1 N–H and O–H groups in total. The minimum Gasteiger partial charge on any atom is -0.481 e. The van der Waals surface area contributed by atoms with Crippen LogP contribution in [0.3, 0.4) is 0 Å². The Morgan fingerprint density at radius 3 is 2.46 bits per heavy atom. The number of hydrogen-bond acceptors (Lipinski definition) is 4. The molecule has 0 aliphatic carbocycles. The van der Waals surface area contributed by atoms with Crippen LogP contribution >= 0.6 is 0 Å². The van der Waals surface area contributed by atoms with E-state index in [0.717, 1.165) is 5.56 Å². The van der Waals surface area contributed by atoms with Gasteiger partial charge in [0.2, 0.25) is 0 Å². The van der Waals surface area contributed by atoms with E-state index >= 15 is 0 Å². The van der Waals surface area contributed by atoms with E-state index in [1.54, 1.807) is 6.92 Å². The minimum absolute atomic E-state index is 0.0792.